The topological polar surface area (TPSA) is 61.9 Å². The normalized spacial score (nSPS) is 12.1. The van der Waals surface area contributed by atoms with Crippen molar-refractivity contribution in [2.24, 2.45) is 0 Å². The Morgan fingerprint density at radius 3 is 1.20 bits per heavy atom. The monoisotopic (exact) mass is 1200 g/mol. The summed E-state index contributed by atoms with van der Waals surface area (Å²) in [6.45, 7) is 0. The highest BCUT2D eigenvalue weighted by Crippen LogP contribution is 2.45. The standard InChI is InChI=1S/C86H50N4O2S/c1-4-16-51(17-5-1)56-28-33-80-68(41-56)70-45-59(30-35-82(70)91-80)74-50-75(60-31-36-83-71(46-60)69-42-57(29-34-81(69)92-83)52-18-6-2-7-19-52)88-86(87-74)90-77-27-15-13-25-65(77)67-48-78-66(49-79(67)90)64-24-12-14-26-76(64)89(78)63-39-61(53-20-8-3-9-21-53)38-62(40-63)58-32-37-84-72(44-58)73-43-54-22-10-11-23-55(54)47-85(73)93-84/h1-50H. The summed E-state index contributed by atoms with van der Waals surface area (Å²) < 4.78 is 20.4. The summed E-state index contributed by atoms with van der Waals surface area (Å²) in [6, 6.07) is 110. The van der Waals surface area contributed by atoms with Gasteiger partial charge in [-0.05, 0) is 189 Å². The van der Waals surface area contributed by atoms with Crippen LogP contribution in [0, 0.1) is 0 Å². The first-order valence-corrected chi connectivity index (χ1v) is 32.3. The highest BCUT2D eigenvalue weighted by atomic mass is 32.1. The maximum Gasteiger partial charge on any atom is 0.235 e. The van der Waals surface area contributed by atoms with E-state index in [-0.39, 0.29) is 0 Å². The van der Waals surface area contributed by atoms with Crippen molar-refractivity contribution in [3.63, 3.8) is 0 Å². The minimum atomic E-state index is 0.563. The zero-order chi connectivity index (χ0) is 60.8. The average molecular weight is 1200 g/mol. The predicted octanol–water partition coefficient (Wildman–Crippen LogP) is 24.0. The summed E-state index contributed by atoms with van der Waals surface area (Å²) in [5.74, 6) is 0.563. The van der Waals surface area contributed by atoms with Gasteiger partial charge in [0.15, 0.2) is 0 Å². The van der Waals surface area contributed by atoms with Crippen LogP contribution in [0.4, 0.5) is 0 Å². The number of thiophene rings is 1. The lowest BCUT2D eigenvalue weighted by molar-refractivity contribution is 0.668. The first-order valence-electron chi connectivity index (χ1n) is 31.5. The van der Waals surface area contributed by atoms with Crippen molar-refractivity contribution in [2.75, 3.05) is 0 Å². The van der Waals surface area contributed by atoms with E-state index in [9.17, 15) is 0 Å². The largest absolute Gasteiger partial charge is 0.456 e. The third-order valence-electron chi connectivity index (χ3n) is 19.1. The second-order valence-electron chi connectivity index (χ2n) is 24.5. The number of rotatable bonds is 8. The van der Waals surface area contributed by atoms with E-state index in [2.05, 4.69) is 312 Å². The van der Waals surface area contributed by atoms with E-state index in [1.54, 1.807) is 0 Å². The number of fused-ring (bicyclic) bond motifs is 16. The van der Waals surface area contributed by atoms with Gasteiger partial charge in [0, 0.05) is 80.1 Å². The van der Waals surface area contributed by atoms with Crippen molar-refractivity contribution in [3.05, 3.63) is 303 Å². The number of para-hydroxylation sites is 2. The van der Waals surface area contributed by atoms with Gasteiger partial charge in [0.2, 0.25) is 5.95 Å². The van der Waals surface area contributed by atoms with Crippen LogP contribution < -0.4 is 0 Å². The summed E-state index contributed by atoms with van der Waals surface area (Å²) in [5.41, 5.74) is 21.3. The molecule has 0 atom stereocenters. The van der Waals surface area contributed by atoms with E-state index in [1.807, 2.05) is 11.3 Å². The zero-order valence-corrected chi connectivity index (χ0v) is 50.7. The second-order valence-corrected chi connectivity index (χ2v) is 25.5. The smallest absolute Gasteiger partial charge is 0.235 e. The number of hydrogen-bond donors (Lipinski definition) is 0. The van der Waals surface area contributed by atoms with Gasteiger partial charge in [-0.1, -0.05) is 170 Å². The van der Waals surface area contributed by atoms with E-state index < -0.39 is 0 Å². The van der Waals surface area contributed by atoms with Crippen LogP contribution in [0.3, 0.4) is 0 Å². The van der Waals surface area contributed by atoms with Gasteiger partial charge in [-0.2, -0.15) is 0 Å². The maximum absolute atomic E-state index is 6.55. The Bertz CT molecular complexity index is 6310. The molecule has 93 heavy (non-hydrogen) atoms. The minimum Gasteiger partial charge on any atom is -0.456 e. The fraction of sp³-hybridized carbons (Fsp3) is 0. The Morgan fingerprint density at radius 1 is 0.237 bits per heavy atom. The minimum absolute atomic E-state index is 0.563. The Morgan fingerprint density at radius 2 is 0.645 bits per heavy atom. The Balaban J connectivity index is 0.801. The van der Waals surface area contributed by atoms with E-state index in [0.29, 0.717) is 5.95 Å². The number of nitrogens with zero attached hydrogens (tertiary/aromatic N) is 4. The number of furan rings is 2. The molecule has 0 aliphatic carbocycles. The molecule has 0 saturated heterocycles. The second kappa shape index (κ2) is 20.2. The van der Waals surface area contributed by atoms with Gasteiger partial charge in [-0.25, -0.2) is 9.97 Å². The number of benzene rings is 14. The molecule has 20 rings (SSSR count). The molecule has 0 aliphatic rings. The first kappa shape index (κ1) is 51.7. The Hall–Kier alpha value is -12.2. The van der Waals surface area contributed by atoms with Crippen LogP contribution in [-0.4, -0.2) is 19.1 Å². The molecular weight excluding hydrogens is 1150 g/mol. The summed E-state index contributed by atoms with van der Waals surface area (Å²) in [7, 11) is 0. The van der Waals surface area contributed by atoms with Crippen LogP contribution in [0.2, 0.25) is 0 Å². The van der Waals surface area contributed by atoms with Crippen molar-refractivity contribution in [1.29, 1.82) is 0 Å². The highest BCUT2D eigenvalue weighted by molar-refractivity contribution is 7.25. The van der Waals surface area contributed by atoms with Crippen LogP contribution in [-0.2, 0) is 0 Å². The van der Waals surface area contributed by atoms with E-state index in [0.717, 1.165) is 155 Å². The number of aromatic nitrogens is 4. The van der Waals surface area contributed by atoms with Gasteiger partial charge in [0.05, 0.1) is 33.5 Å². The van der Waals surface area contributed by atoms with Crippen LogP contribution >= 0.6 is 11.3 Å². The van der Waals surface area contributed by atoms with Crippen LogP contribution in [0.1, 0.15) is 0 Å². The quantitative estimate of drug-likeness (QED) is 0.152. The van der Waals surface area contributed by atoms with Crippen molar-refractivity contribution < 1.29 is 8.83 Å². The van der Waals surface area contributed by atoms with E-state index in [4.69, 9.17) is 18.8 Å². The molecule has 6 aromatic heterocycles. The van der Waals surface area contributed by atoms with Crippen molar-refractivity contribution in [3.8, 4) is 78.7 Å². The third kappa shape index (κ3) is 8.27. The molecule has 6 heterocycles. The molecule has 0 radical (unpaired) electrons. The van der Waals surface area contributed by atoms with Crippen molar-refractivity contribution in [2.45, 2.75) is 0 Å². The van der Waals surface area contributed by atoms with Gasteiger partial charge in [-0.3, -0.25) is 4.57 Å². The van der Waals surface area contributed by atoms with Gasteiger partial charge in [-0.15, -0.1) is 11.3 Å². The Kier molecular flexibility index (Phi) is 11.2. The average Bonchev–Trinajstić information content (AvgIpc) is 1.57. The molecule has 0 spiro atoms. The lowest BCUT2D eigenvalue weighted by Crippen LogP contribution is -2.04. The molecule has 0 unspecified atom stereocenters. The lowest BCUT2D eigenvalue weighted by Gasteiger charge is -2.14. The predicted molar refractivity (Wildman–Crippen MR) is 388 cm³/mol. The van der Waals surface area contributed by atoms with E-state index in [1.165, 1.54) is 36.5 Å². The van der Waals surface area contributed by atoms with Gasteiger partial charge >= 0.3 is 0 Å². The summed E-state index contributed by atoms with van der Waals surface area (Å²) >= 11 is 1.87. The SMILES string of the molecule is c1ccc(-c2cc(-c3ccc4sc5cc6ccccc6cc5c4c3)cc(-n3c4ccccc4c4cc5c(cc43)c3ccccc3n5-c3nc(-c4ccc5oc6ccc(-c7ccccc7)cc6c5c4)cc(-c4ccc5oc6ccc(-c7ccccc7)cc6c5c4)n3)c2)cc1. The summed E-state index contributed by atoms with van der Waals surface area (Å²) in [4.78, 5) is 11.3. The van der Waals surface area contributed by atoms with Gasteiger partial charge in [0.1, 0.15) is 22.3 Å². The molecule has 6 nitrogen and oxygen atoms in total. The van der Waals surface area contributed by atoms with Crippen molar-refractivity contribution >= 4 is 130 Å². The van der Waals surface area contributed by atoms with Crippen LogP contribution in [0.25, 0.3) is 197 Å². The third-order valence-corrected chi connectivity index (χ3v) is 20.2. The number of hydrogen-bond acceptors (Lipinski definition) is 5. The first-order chi connectivity index (χ1) is 46.0. The molecule has 432 valence electrons. The molecular formula is C86H50N4O2S. The molecule has 14 aromatic carbocycles. The lowest BCUT2D eigenvalue weighted by atomic mass is 9.96. The molecule has 0 amide bonds. The Labute approximate surface area is 536 Å². The molecule has 0 aliphatic heterocycles. The van der Waals surface area contributed by atoms with Crippen molar-refractivity contribution in [1.82, 2.24) is 19.1 Å². The molecule has 7 heteroatoms. The molecule has 0 saturated carbocycles. The summed E-state index contributed by atoms with van der Waals surface area (Å²) in [6.07, 6.45) is 0. The summed E-state index contributed by atoms with van der Waals surface area (Å²) in [5, 5.41) is 13.7. The highest BCUT2D eigenvalue weighted by Gasteiger charge is 2.23. The van der Waals surface area contributed by atoms with Gasteiger partial charge < -0.3 is 13.4 Å². The molecule has 0 N–H and O–H groups in total. The van der Waals surface area contributed by atoms with Gasteiger partial charge in [0.25, 0.3) is 0 Å². The molecule has 20 aromatic rings. The van der Waals surface area contributed by atoms with Crippen LogP contribution in [0.5, 0.6) is 0 Å². The fourth-order valence-corrected chi connectivity index (χ4v) is 15.7. The van der Waals surface area contributed by atoms with E-state index >= 15 is 0 Å². The molecule has 0 bridgehead atoms. The van der Waals surface area contributed by atoms with Crippen LogP contribution in [0.15, 0.2) is 312 Å². The fourth-order valence-electron chi connectivity index (χ4n) is 14.6. The zero-order valence-electron chi connectivity index (χ0n) is 49.9. The molecule has 0 fully saturated rings. The maximum atomic E-state index is 6.55.